The van der Waals surface area contributed by atoms with Gasteiger partial charge >= 0.3 is 0 Å². The first-order valence-electron chi connectivity index (χ1n) is 7.25. The average molecular weight is 303 g/mol. The second-order valence-corrected chi connectivity index (χ2v) is 5.01. The summed E-state index contributed by atoms with van der Waals surface area (Å²) >= 11 is 5.17. The molecule has 0 aliphatic carbocycles. The minimum absolute atomic E-state index is 0.517. The summed E-state index contributed by atoms with van der Waals surface area (Å²) in [7, 11) is 0. The molecule has 1 N–H and O–H groups in total. The van der Waals surface area contributed by atoms with E-state index in [-0.39, 0.29) is 0 Å². The van der Waals surface area contributed by atoms with Crippen molar-refractivity contribution < 1.29 is 0 Å². The van der Waals surface area contributed by atoms with Crippen molar-refractivity contribution in [3.63, 3.8) is 0 Å². The first-order valence-corrected chi connectivity index (χ1v) is 7.66. The molecule has 0 spiro atoms. The number of nitrogens with zero attached hydrogens (tertiary/aromatic N) is 4. The van der Waals surface area contributed by atoms with Gasteiger partial charge in [0, 0.05) is 25.2 Å². The maximum Gasteiger partial charge on any atom is 0.216 e. The number of aromatic amines is 1. The number of H-pyrrole nitrogens is 1. The van der Waals surface area contributed by atoms with Crippen LogP contribution < -0.4 is 4.90 Å². The van der Waals surface area contributed by atoms with Crippen LogP contribution in [-0.4, -0.2) is 34.2 Å². The van der Waals surface area contributed by atoms with E-state index in [0.29, 0.717) is 4.77 Å². The highest BCUT2D eigenvalue weighted by Gasteiger charge is 2.02. The summed E-state index contributed by atoms with van der Waals surface area (Å²) in [5, 5.41) is 11.3. The molecule has 0 atom stereocenters. The zero-order valence-corrected chi connectivity index (χ0v) is 13.5. The highest BCUT2D eigenvalue weighted by atomic mass is 32.1. The maximum absolute atomic E-state index is 5.17. The third-order valence-electron chi connectivity index (χ3n) is 3.38. The topological polar surface area (TPSA) is 49.2 Å². The lowest BCUT2D eigenvalue weighted by Crippen LogP contribution is -2.21. The first-order chi connectivity index (χ1) is 10.2. The van der Waals surface area contributed by atoms with Gasteiger partial charge in [0.05, 0.1) is 6.21 Å². The lowest BCUT2D eigenvalue weighted by molar-refractivity contribution is 0.780. The van der Waals surface area contributed by atoms with E-state index in [0.717, 1.165) is 30.9 Å². The Balaban J connectivity index is 2.18. The molecule has 21 heavy (non-hydrogen) atoms. The fraction of sp³-hybridized carbons (Fsp3) is 0.400. The number of nitrogens with one attached hydrogen (secondary N) is 1. The van der Waals surface area contributed by atoms with Crippen LogP contribution in [0.1, 0.15) is 32.2 Å². The van der Waals surface area contributed by atoms with Crippen LogP contribution >= 0.6 is 12.2 Å². The van der Waals surface area contributed by atoms with Gasteiger partial charge in [-0.3, -0.25) is 5.10 Å². The molecule has 0 aliphatic heterocycles. The maximum atomic E-state index is 5.17. The Morgan fingerprint density at radius 2 is 1.90 bits per heavy atom. The Morgan fingerprint density at radius 1 is 1.24 bits per heavy atom. The highest BCUT2D eigenvalue weighted by molar-refractivity contribution is 7.71. The molecule has 0 saturated carbocycles. The van der Waals surface area contributed by atoms with Crippen LogP contribution in [0.4, 0.5) is 5.69 Å². The second kappa shape index (κ2) is 7.17. The SMILES string of the molecule is CCc1n[nH]c(=S)n1/N=C\c1ccc(N(CC)CC)cc1. The highest BCUT2D eigenvalue weighted by Crippen LogP contribution is 2.14. The molecule has 0 saturated heterocycles. The molecule has 0 fully saturated rings. The lowest BCUT2D eigenvalue weighted by Gasteiger charge is -2.20. The van der Waals surface area contributed by atoms with Crippen molar-refractivity contribution in [2.75, 3.05) is 18.0 Å². The molecule has 2 rings (SSSR count). The number of rotatable bonds is 6. The Morgan fingerprint density at radius 3 is 2.48 bits per heavy atom. The molecule has 112 valence electrons. The third-order valence-corrected chi connectivity index (χ3v) is 3.64. The summed E-state index contributed by atoms with van der Waals surface area (Å²) < 4.78 is 2.18. The van der Waals surface area contributed by atoms with E-state index in [1.807, 2.05) is 6.92 Å². The first kappa shape index (κ1) is 15.4. The smallest absolute Gasteiger partial charge is 0.216 e. The summed E-state index contributed by atoms with van der Waals surface area (Å²) in [6, 6.07) is 8.35. The minimum Gasteiger partial charge on any atom is -0.372 e. The van der Waals surface area contributed by atoms with Crippen LogP contribution in [0, 0.1) is 4.77 Å². The van der Waals surface area contributed by atoms with Crippen LogP contribution in [0.5, 0.6) is 0 Å². The monoisotopic (exact) mass is 303 g/mol. The molecule has 5 nitrogen and oxygen atoms in total. The van der Waals surface area contributed by atoms with Crippen LogP contribution in [0.15, 0.2) is 29.4 Å². The zero-order chi connectivity index (χ0) is 15.2. The van der Waals surface area contributed by atoms with Gasteiger partial charge in [0.25, 0.3) is 0 Å². The number of aryl methyl sites for hydroxylation is 1. The Bertz CT molecular complexity index is 649. The van der Waals surface area contributed by atoms with Crippen molar-refractivity contribution >= 4 is 24.1 Å². The van der Waals surface area contributed by atoms with Crippen molar-refractivity contribution in [2.45, 2.75) is 27.2 Å². The molecule has 0 amide bonds. The quantitative estimate of drug-likeness (QED) is 0.658. The Labute approximate surface area is 130 Å². The van der Waals surface area contributed by atoms with E-state index in [2.05, 4.69) is 58.3 Å². The van der Waals surface area contributed by atoms with E-state index >= 15 is 0 Å². The largest absolute Gasteiger partial charge is 0.372 e. The summed E-state index contributed by atoms with van der Waals surface area (Å²) in [4.78, 5) is 2.31. The van der Waals surface area contributed by atoms with Gasteiger partial charge < -0.3 is 4.90 Å². The van der Waals surface area contributed by atoms with E-state index in [1.54, 1.807) is 10.9 Å². The van der Waals surface area contributed by atoms with Crippen LogP contribution in [0.2, 0.25) is 0 Å². The molecule has 1 heterocycles. The predicted molar refractivity (Wildman–Crippen MR) is 89.8 cm³/mol. The van der Waals surface area contributed by atoms with E-state index in [1.165, 1.54) is 5.69 Å². The normalized spacial score (nSPS) is 11.2. The molecular weight excluding hydrogens is 282 g/mol. The standard InChI is InChI=1S/C15H21N5S/c1-4-14-17-18-15(21)20(14)16-11-12-7-9-13(10-8-12)19(5-2)6-3/h7-11H,4-6H2,1-3H3,(H,18,21)/b16-11-. The van der Waals surface area contributed by atoms with Crippen molar-refractivity contribution in [3.05, 3.63) is 40.4 Å². The van der Waals surface area contributed by atoms with E-state index < -0.39 is 0 Å². The third kappa shape index (κ3) is 3.58. The minimum atomic E-state index is 0.517. The fourth-order valence-corrected chi connectivity index (χ4v) is 2.35. The van der Waals surface area contributed by atoms with Gasteiger partial charge in [0.15, 0.2) is 5.82 Å². The van der Waals surface area contributed by atoms with Crippen LogP contribution in [-0.2, 0) is 6.42 Å². The van der Waals surface area contributed by atoms with E-state index in [9.17, 15) is 0 Å². The molecule has 0 radical (unpaired) electrons. The molecule has 2 aromatic rings. The van der Waals surface area contributed by atoms with Crippen molar-refractivity contribution in [1.82, 2.24) is 14.9 Å². The Hall–Kier alpha value is -1.95. The van der Waals surface area contributed by atoms with Gasteiger partial charge in [0.2, 0.25) is 4.77 Å². The van der Waals surface area contributed by atoms with Gasteiger partial charge in [-0.15, -0.1) is 0 Å². The fourth-order valence-electron chi connectivity index (χ4n) is 2.16. The molecular formula is C15H21N5S. The number of aromatic nitrogens is 3. The molecule has 1 aromatic heterocycles. The van der Waals surface area contributed by atoms with Gasteiger partial charge in [-0.2, -0.15) is 14.9 Å². The summed E-state index contributed by atoms with van der Waals surface area (Å²) in [6.07, 6.45) is 2.59. The van der Waals surface area contributed by atoms with Crippen molar-refractivity contribution in [2.24, 2.45) is 5.10 Å². The van der Waals surface area contributed by atoms with Crippen LogP contribution in [0.3, 0.4) is 0 Å². The summed E-state index contributed by atoms with van der Waals surface area (Å²) in [5.41, 5.74) is 2.27. The molecule has 0 aliphatic rings. The van der Waals surface area contributed by atoms with Gasteiger partial charge in [-0.25, -0.2) is 0 Å². The second-order valence-electron chi connectivity index (χ2n) is 4.62. The summed E-state index contributed by atoms with van der Waals surface area (Å²) in [5.74, 6) is 0.830. The summed E-state index contributed by atoms with van der Waals surface area (Å²) in [6.45, 7) is 8.36. The van der Waals surface area contributed by atoms with Crippen molar-refractivity contribution in [3.8, 4) is 0 Å². The molecule has 0 bridgehead atoms. The van der Waals surface area contributed by atoms with E-state index in [4.69, 9.17) is 12.2 Å². The van der Waals surface area contributed by atoms with Gasteiger partial charge in [-0.1, -0.05) is 19.1 Å². The molecule has 1 aromatic carbocycles. The molecule has 6 heteroatoms. The van der Waals surface area contributed by atoms with Crippen LogP contribution in [0.25, 0.3) is 0 Å². The number of benzene rings is 1. The Kier molecular flexibility index (Phi) is 5.27. The van der Waals surface area contributed by atoms with Crippen molar-refractivity contribution in [1.29, 1.82) is 0 Å². The number of hydrogen-bond acceptors (Lipinski definition) is 4. The van der Waals surface area contributed by atoms with Gasteiger partial charge in [0.1, 0.15) is 0 Å². The number of anilines is 1. The number of hydrogen-bond donors (Lipinski definition) is 1. The predicted octanol–water partition coefficient (Wildman–Crippen LogP) is 3.23. The van der Waals surface area contributed by atoms with Gasteiger partial charge in [-0.05, 0) is 43.8 Å². The zero-order valence-electron chi connectivity index (χ0n) is 12.7. The molecule has 0 unspecified atom stereocenters. The average Bonchev–Trinajstić information content (AvgIpc) is 2.88. The lowest BCUT2D eigenvalue weighted by atomic mass is 10.2.